The van der Waals surface area contributed by atoms with Crippen molar-refractivity contribution in [2.45, 2.75) is 25.6 Å². The van der Waals surface area contributed by atoms with E-state index >= 15 is 0 Å². The Kier molecular flexibility index (Phi) is 7.37. The minimum absolute atomic E-state index is 0.0164. The number of aryl methyl sites for hydroxylation is 1. The van der Waals surface area contributed by atoms with E-state index in [0.29, 0.717) is 17.6 Å². The number of fused-ring (bicyclic) bond motifs is 1. The first kappa shape index (κ1) is 25.2. The van der Waals surface area contributed by atoms with E-state index in [9.17, 15) is 43.0 Å². The van der Waals surface area contributed by atoms with Gasteiger partial charge in [0, 0.05) is 38.2 Å². The van der Waals surface area contributed by atoms with Gasteiger partial charge in [-0.2, -0.15) is 13.2 Å². The molecule has 2 N–H and O–H groups in total. The Bertz CT molecular complexity index is 1330. The van der Waals surface area contributed by atoms with Crippen molar-refractivity contribution in [1.29, 1.82) is 0 Å². The minimum Gasteiger partial charge on any atom is -0.407 e. The van der Waals surface area contributed by atoms with Crippen molar-refractivity contribution in [2.24, 2.45) is 0 Å². The third-order valence-corrected chi connectivity index (χ3v) is 4.93. The maximum absolute atomic E-state index is 12.8. The normalized spacial score (nSPS) is 11.4. The van der Waals surface area contributed by atoms with Crippen LogP contribution in [0, 0.1) is 20.2 Å². The molecule has 3 aromatic rings. The largest absolute Gasteiger partial charge is 0.419 e. The zero-order chi connectivity index (χ0) is 25.8. The smallest absolute Gasteiger partial charge is 0.407 e. The average molecular weight is 497 g/mol. The Morgan fingerprint density at radius 3 is 2.46 bits per heavy atom. The van der Waals surface area contributed by atoms with E-state index < -0.39 is 33.0 Å². The number of nitrogens with one attached hydrogen (secondary N) is 2. The third kappa shape index (κ3) is 6.13. The van der Waals surface area contributed by atoms with Gasteiger partial charge in [0.15, 0.2) is 5.58 Å². The molecule has 0 fully saturated rings. The molecule has 0 spiro atoms. The van der Waals surface area contributed by atoms with Gasteiger partial charge in [0.2, 0.25) is 5.91 Å². The van der Waals surface area contributed by atoms with Gasteiger partial charge < -0.3 is 15.1 Å². The van der Waals surface area contributed by atoms with Crippen LogP contribution in [0.5, 0.6) is 0 Å². The van der Waals surface area contributed by atoms with Crippen LogP contribution < -0.4 is 16.4 Å². The zero-order valence-electron chi connectivity index (χ0n) is 17.8. The van der Waals surface area contributed by atoms with E-state index in [4.69, 9.17) is 4.42 Å². The molecule has 12 nitrogen and oxygen atoms in total. The highest BCUT2D eigenvalue weighted by Gasteiger charge is 2.33. The maximum atomic E-state index is 12.8. The predicted molar refractivity (Wildman–Crippen MR) is 116 cm³/mol. The van der Waals surface area contributed by atoms with Crippen LogP contribution in [-0.4, -0.2) is 33.4 Å². The minimum atomic E-state index is -4.72. The van der Waals surface area contributed by atoms with E-state index in [0.717, 1.165) is 12.1 Å². The highest BCUT2D eigenvalue weighted by Crippen LogP contribution is 2.34. The molecule has 0 aliphatic heterocycles. The van der Waals surface area contributed by atoms with Gasteiger partial charge in [0.25, 0.3) is 11.4 Å². The van der Waals surface area contributed by atoms with Gasteiger partial charge in [-0.15, -0.1) is 0 Å². The number of amides is 1. The highest BCUT2D eigenvalue weighted by molar-refractivity contribution is 5.76. The molecule has 0 unspecified atom stereocenters. The Labute approximate surface area is 193 Å². The van der Waals surface area contributed by atoms with Gasteiger partial charge in [0.1, 0.15) is 5.69 Å². The summed E-state index contributed by atoms with van der Waals surface area (Å²) in [5, 5.41) is 27.1. The Hall–Kier alpha value is -4.43. The monoisotopic (exact) mass is 497 g/mol. The molecule has 0 saturated carbocycles. The summed E-state index contributed by atoms with van der Waals surface area (Å²) in [4.78, 5) is 44.4. The second-order valence-electron chi connectivity index (χ2n) is 7.30. The van der Waals surface area contributed by atoms with Crippen LogP contribution in [0.4, 0.5) is 30.2 Å². The molecule has 15 heteroatoms. The number of hydrogen-bond donors (Lipinski definition) is 2. The molecule has 3 rings (SSSR count). The number of nitro benzene ring substituents is 2. The number of oxazole rings is 1. The van der Waals surface area contributed by atoms with E-state index in [2.05, 4.69) is 10.6 Å². The standard InChI is InChI=1S/C20H18F3N5O7/c21-20(22,23)12-3-5-14(16(10-12)28(33)34)24-7-8-25-18(29)2-1-9-26-15-6-4-13(27(31)32)11-17(15)35-19(26)30/h3-6,10-11,24H,1-2,7-9H2,(H,25,29). The summed E-state index contributed by atoms with van der Waals surface area (Å²) >= 11 is 0. The summed E-state index contributed by atoms with van der Waals surface area (Å²) in [6, 6.07) is 5.84. The molecule has 1 heterocycles. The lowest BCUT2D eigenvalue weighted by molar-refractivity contribution is -0.384. The number of halogens is 3. The van der Waals surface area contributed by atoms with Gasteiger partial charge in [-0.1, -0.05) is 0 Å². The van der Waals surface area contributed by atoms with Gasteiger partial charge in [-0.05, 0) is 24.6 Å². The summed E-state index contributed by atoms with van der Waals surface area (Å²) in [5.74, 6) is -1.10. The molecule has 1 amide bonds. The quantitative estimate of drug-likeness (QED) is 0.244. The number of hydrogen-bond acceptors (Lipinski definition) is 8. The molecule has 2 aromatic carbocycles. The third-order valence-electron chi connectivity index (χ3n) is 4.93. The van der Waals surface area contributed by atoms with Gasteiger partial charge in [0.05, 0.1) is 27.0 Å². The number of nitro groups is 2. The van der Waals surface area contributed by atoms with Gasteiger partial charge in [-0.3, -0.25) is 29.6 Å². The summed E-state index contributed by atoms with van der Waals surface area (Å²) in [7, 11) is 0. The fourth-order valence-corrected chi connectivity index (χ4v) is 3.27. The zero-order valence-corrected chi connectivity index (χ0v) is 17.8. The van der Waals surface area contributed by atoms with E-state index in [1.807, 2.05) is 0 Å². The first-order valence-corrected chi connectivity index (χ1v) is 10.1. The number of alkyl halides is 3. The molecule has 1 aromatic heterocycles. The van der Waals surface area contributed by atoms with E-state index in [-0.39, 0.29) is 55.3 Å². The second-order valence-corrected chi connectivity index (χ2v) is 7.30. The molecule has 186 valence electrons. The fraction of sp³-hybridized carbons (Fsp3) is 0.300. The van der Waals surface area contributed by atoms with Crippen molar-refractivity contribution in [3.8, 4) is 0 Å². The number of aromatic nitrogens is 1. The molecule has 0 aliphatic rings. The fourth-order valence-electron chi connectivity index (χ4n) is 3.27. The first-order valence-electron chi connectivity index (χ1n) is 10.1. The van der Waals surface area contributed by atoms with Crippen LogP contribution in [0.3, 0.4) is 0 Å². The van der Waals surface area contributed by atoms with Crippen LogP contribution in [0.2, 0.25) is 0 Å². The van der Waals surface area contributed by atoms with Crippen LogP contribution in [0.15, 0.2) is 45.6 Å². The molecule has 0 saturated heterocycles. The lowest BCUT2D eigenvalue weighted by Gasteiger charge is -2.11. The summed E-state index contributed by atoms with van der Waals surface area (Å²) in [6.07, 6.45) is -4.45. The Balaban J connectivity index is 1.48. The maximum Gasteiger partial charge on any atom is 0.419 e. The van der Waals surface area contributed by atoms with E-state index in [1.165, 1.54) is 16.7 Å². The van der Waals surface area contributed by atoms with Crippen molar-refractivity contribution >= 4 is 34.1 Å². The van der Waals surface area contributed by atoms with Crippen molar-refractivity contribution in [3.63, 3.8) is 0 Å². The average Bonchev–Trinajstić information content (AvgIpc) is 3.10. The summed E-state index contributed by atoms with van der Waals surface area (Å²) in [5.41, 5.74) is -1.84. The summed E-state index contributed by atoms with van der Waals surface area (Å²) < 4.78 is 44.5. The second kappa shape index (κ2) is 10.2. The molecule has 35 heavy (non-hydrogen) atoms. The summed E-state index contributed by atoms with van der Waals surface area (Å²) in [6.45, 7) is 0.172. The van der Waals surface area contributed by atoms with Crippen molar-refractivity contribution in [1.82, 2.24) is 9.88 Å². The topological polar surface area (TPSA) is 163 Å². The number of anilines is 1. The SMILES string of the molecule is O=C(CCCn1c(=O)oc2cc([N+](=O)[O-])ccc21)NCCNc1ccc(C(F)(F)F)cc1[N+](=O)[O-]. The van der Waals surface area contributed by atoms with Crippen molar-refractivity contribution in [2.75, 3.05) is 18.4 Å². The van der Waals surface area contributed by atoms with Crippen molar-refractivity contribution < 1.29 is 32.2 Å². The number of nitrogens with zero attached hydrogens (tertiary/aromatic N) is 3. The molecule has 0 aliphatic carbocycles. The van der Waals surface area contributed by atoms with Crippen LogP contribution in [0.25, 0.3) is 11.1 Å². The molecule has 0 bridgehead atoms. The lowest BCUT2D eigenvalue weighted by Crippen LogP contribution is -2.29. The van der Waals surface area contributed by atoms with Gasteiger partial charge in [-0.25, -0.2) is 4.79 Å². The van der Waals surface area contributed by atoms with E-state index in [1.54, 1.807) is 0 Å². The number of benzene rings is 2. The number of carbonyl (C=O) groups is 1. The van der Waals surface area contributed by atoms with Crippen LogP contribution >= 0.6 is 0 Å². The van der Waals surface area contributed by atoms with Crippen LogP contribution in [0.1, 0.15) is 18.4 Å². The molecule has 0 atom stereocenters. The lowest BCUT2D eigenvalue weighted by atomic mass is 10.1. The van der Waals surface area contributed by atoms with Crippen molar-refractivity contribution in [3.05, 3.63) is 72.7 Å². The number of carbonyl (C=O) groups excluding carboxylic acids is 1. The first-order chi connectivity index (χ1) is 16.5. The molecule has 0 radical (unpaired) electrons. The highest BCUT2D eigenvalue weighted by atomic mass is 19.4. The molecular weight excluding hydrogens is 479 g/mol. The predicted octanol–water partition coefficient (Wildman–Crippen LogP) is 3.44. The van der Waals surface area contributed by atoms with Crippen LogP contribution in [-0.2, 0) is 17.5 Å². The Morgan fingerprint density at radius 1 is 1.06 bits per heavy atom. The Morgan fingerprint density at radius 2 is 1.80 bits per heavy atom. The number of rotatable bonds is 10. The number of non-ortho nitro benzene ring substituents is 1. The van der Waals surface area contributed by atoms with Gasteiger partial charge >= 0.3 is 11.9 Å². The molecular formula is C20H18F3N5O7.